The maximum Gasteiger partial charge on any atom is 0.256 e. The maximum absolute atomic E-state index is 13.1. The van der Waals surface area contributed by atoms with Crippen LogP contribution >= 0.6 is 11.3 Å². The lowest BCUT2D eigenvalue weighted by atomic mass is 9.89. The van der Waals surface area contributed by atoms with Gasteiger partial charge in [-0.15, -0.1) is 11.3 Å². The van der Waals surface area contributed by atoms with Crippen molar-refractivity contribution < 1.29 is 9.53 Å². The van der Waals surface area contributed by atoms with E-state index in [0.29, 0.717) is 5.56 Å². The Bertz CT molecular complexity index is 1030. The lowest BCUT2D eigenvalue weighted by molar-refractivity contribution is 0.0239. The van der Waals surface area contributed by atoms with E-state index >= 15 is 0 Å². The molecule has 3 aromatic rings. The minimum Gasteiger partial charge on any atom is -0.379 e. The molecular weight excluding hydrogens is 406 g/mol. The number of carbonyl (C=O) groups excluding carboxylic acids is 1. The van der Waals surface area contributed by atoms with Crippen LogP contribution in [0.3, 0.4) is 0 Å². The Morgan fingerprint density at radius 2 is 1.77 bits per heavy atom. The fourth-order valence-electron chi connectivity index (χ4n) is 4.68. The van der Waals surface area contributed by atoms with E-state index in [1.807, 2.05) is 42.7 Å². The van der Waals surface area contributed by atoms with Crippen molar-refractivity contribution in [2.45, 2.75) is 31.7 Å². The van der Waals surface area contributed by atoms with Gasteiger partial charge in [0.05, 0.1) is 19.3 Å². The van der Waals surface area contributed by atoms with Crippen LogP contribution < -0.4 is 5.32 Å². The number of hydrogen-bond acceptors (Lipinski definition) is 5. The van der Waals surface area contributed by atoms with E-state index in [0.717, 1.165) is 44.1 Å². The van der Waals surface area contributed by atoms with Crippen molar-refractivity contribution in [2.75, 3.05) is 31.6 Å². The smallest absolute Gasteiger partial charge is 0.256 e. The largest absolute Gasteiger partial charge is 0.379 e. The van der Waals surface area contributed by atoms with Crippen molar-refractivity contribution in [3.63, 3.8) is 0 Å². The molecule has 3 heterocycles. The molecule has 6 heteroatoms. The molecule has 1 aliphatic carbocycles. The summed E-state index contributed by atoms with van der Waals surface area (Å²) in [7, 11) is 0. The number of thiophene rings is 1. The molecule has 1 fully saturated rings. The van der Waals surface area contributed by atoms with Gasteiger partial charge in [-0.05, 0) is 61.1 Å². The molecule has 1 atom stereocenters. The minimum atomic E-state index is -0.0455. The van der Waals surface area contributed by atoms with Gasteiger partial charge in [0.1, 0.15) is 5.00 Å². The van der Waals surface area contributed by atoms with Gasteiger partial charge in [-0.3, -0.25) is 14.7 Å². The number of carbonyl (C=O) groups is 1. The van der Waals surface area contributed by atoms with E-state index in [1.54, 1.807) is 11.3 Å². The third-order valence-electron chi connectivity index (χ3n) is 6.18. The lowest BCUT2D eigenvalue weighted by Crippen LogP contribution is -2.40. The van der Waals surface area contributed by atoms with Gasteiger partial charge in [-0.1, -0.05) is 18.2 Å². The third-order valence-corrected chi connectivity index (χ3v) is 7.40. The number of fused-ring (bicyclic) bond motifs is 1. The van der Waals surface area contributed by atoms with E-state index in [-0.39, 0.29) is 11.9 Å². The molecule has 5 nitrogen and oxygen atoms in total. The fraction of sp³-hybridized carbons (Fsp3) is 0.360. The summed E-state index contributed by atoms with van der Waals surface area (Å²) in [6.45, 7) is 3.23. The predicted octanol–water partition coefficient (Wildman–Crippen LogP) is 4.70. The lowest BCUT2D eigenvalue weighted by Gasteiger charge is -2.36. The third kappa shape index (κ3) is 4.28. The van der Waals surface area contributed by atoms with Gasteiger partial charge in [0.15, 0.2) is 0 Å². The number of ether oxygens (including phenoxy) is 1. The first-order valence-electron chi connectivity index (χ1n) is 11.0. The monoisotopic (exact) mass is 433 g/mol. The molecule has 1 unspecified atom stereocenters. The molecule has 0 bridgehead atoms. The van der Waals surface area contributed by atoms with Crippen LogP contribution in [0.1, 0.15) is 50.8 Å². The molecule has 1 amide bonds. The number of pyridine rings is 1. The first-order chi connectivity index (χ1) is 15.3. The van der Waals surface area contributed by atoms with Crippen LogP contribution in [0.15, 0.2) is 54.9 Å². The Hall–Kier alpha value is -2.54. The van der Waals surface area contributed by atoms with Crippen LogP contribution in [0.2, 0.25) is 0 Å². The van der Waals surface area contributed by atoms with Crippen molar-refractivity contribution in [3.8, 4) is 0 Å². The van der Waals surface area contributed by atoms with Gasteiger partial charge in [0, 0.05) is 41.5 Å². The van der Waals surface area contributed by atoms with Crippen molar-refractivity contribution in [2.24, 2.45) is 0 Å². The van der Waals surface area contributed by atoms with E-state index in [4.69, 9.17) is 4.74 Å². The molecule has 1 N–H and O–H groups in total. The SMILES string of the molecule is O=C(Nc1sc2c(c1C(c1ccncc1)N1CCOCC1)CCCC2)c1ccccc1. The standard InChI is InChI=1S/C25H27N3O2S/c29-24(19-6-2-1-3-7-19)27-25-22(20-8-4-5-9-21(20)31-25)23(18-10-12-26-13-11-18)28-14-16-30-17-15-28/h1-3,6-7,10-13,23H,4-5,8-9,14-17H2,(H,27,29). The number of benzene rings is 1. The van der Waals surface area contributed by atoms with Crippen molar-refractivity contribution in [1.82, 2.24) is 9.88 Å². The number of rotatable bonds is 5. The fourth-order valence-corrected chi connectivity index (χ4v) is 6.00. The molecule has 5 rings (SSSR count). The highest BCUT2D eigenvalue weighted by Crippen LogP contribution is 2.45. The van der Waals surface area contributed by atoms with Crippen LogP contribution in [0.4, 0.5) is 5.00 Å². The summed E-state index contributed by atoms with van der Waals surface area (Å²) in [4.78, 5) is 21.2. The number of aromatic nitrogens is 1. The van der Waals surface area contributed by atoms with E-state index in [1.165, 1.54) is 34.4 Å². The maximum atomic E-state index is 13.1. The molecule has 0 saturated carbocycles. The number of aryl methyl sites for hydroxylation is 1. The first kappa shape index (κ1) is 20.4. The average molecular weight is 434 g/mol. The Morgan fingerprint density at radius 1 is 1.03 bits per heavy atom. The van der Waals surface area contributed by atoms with E-state index < -0.39 is 0 Å². The van der Waals surface area contributed by atoms with Gasteiger partial charge < -0.3 is 10.1 Å². The summed E-state index contributed by atoms with van der Waals surface area (Å²) in [5, 5.41) is 4.27. The van der Waals surface area contributed by atoms with Crippen LogP contribution in [-0.2, 0) is 17.6 Å². The quantitative estimate of drug-likeness (QED) is 0.634. The Kier molecular flexibility index (Phi) is 6.11. The summed E-state index contributed by atoms with van der Waals surface area (Å²) < 4.78 is 5.65. The molecule has 31 heavy (non-hydrogen) atoms. The normalized spacial score (nSPS) is 17.7. The van der Waals surface area contributed by atoms with E-state index in [9.17, 15) is 4.79 Å². The van der Waals surface area contributed by atoms with E-state index in [2.05, 4.69) is 27.3 Å². The minimum absolute atomic E-state index is 0.0455. The Balaban J connectivity index is 1.59. The molecule has 160 valence electrons. The highest BCUT2D eigenvalue weighted by molar-refractivity contribution is 7.16. The molecular formula is C25H27N3O2S. The highest BCUT2D eigenvalue weighted by atomic mass is 32.1. The first-order valence-corrected chi connectivity index (χ1v) is 11.9. The number of morpholine rings is 1. The highest BCUT2D eigenvalue weighted by Gasteiger charge is 2.32. The summed E-state index contributed by atoms with van der Waals surface area (Å²) in [6, 6.07) is 13.8. The number of hydrogen-bond donors (Lipinski definition) is 1. The Morgan fingerprint density at radius 3 is 2.55 bits per heavy atom. The zero-order chi connectivity index (χ0) is 21.0. The van der Waals surface area contributed by atoms with Gasteiger partial charge in [0.25, 0.3) is 5.91 Å². The molecule has 1 aromatic carbocycles. The van der Waals surface area contributed by atoms with Crippen LogP contribution in [0, 0.1) is 0 Å². The van der Waals surface area contributed by atoms with Gasteiger partial charge >= 0.3 is 0 Å². The molecule has 1 saturated heterocycles. The Labute approximate surface area is 187 Å². The number of nitrogens with zero attached hydrogens (tertiary/aromatic N) is 2. The topological polar surface area (TPSA) is 54.5 Å². The second-order valence-corrected chi connectivity index (χ2v) is 9.21. The molecule has 0 spiro atoms. The summed E-state index contributed by atoms with van der Waals surface area (Å²) in [5.74, 6) is -0.0455. The van der Waals surface area contributed by atoms with Gasteiger partial charge in [-0.2, -0.15) is 0 Å². The predicted molar refractivity (Wildman–Crippen MR) is 124 cm³/mol. The molecule has 0 radical (unpaired) electrons. The van der Waals surface area contributed by atoms with Crippen LogP contribution in [0.25, 0.3) is 0 Å². The summed E-state index contributed by atoms with van der Waals surface area (Å²) in [6.07, 6.45) is 8.33. The molecule has 1 aliphatic heterocycles. The zero-order valence-corrected chi connectivity index (χ0v) is 18.4. The second kappa shape index (κ2) is 9.30. The number of amides is 1. The zero-order valence-electron chi connectivity index (χ0n) is 17.5. The number of anilines is 1. The second-order valence-electron chi connectivity index (χ2n) is 8.11. The number of nitrogens with one attached hydrogen (secondary N) is 1. The van der Waals surface area contributed by atoms with Gasteiger partial charge in [0.2, 0.25) is 0 Å². The molecule has 2 aromatic heterocycles. The summed E-state index contributed by atoms with van der Waals surface area (Å²) in [5.41, 5.74) is 4.62. The molecule has 2 aliphatic rings. The van der Waals surface area contributed by atoms with Crippen LogP contribution in [0.5, 0.6) is 0 Å². The van der Waals surface area contributed by atoms with Crippen molar-refractivity contribution in [3.05, 3.63) is 82.0 Å². The summed E-state index contributed by atoms with van der Waals surface area (Å²) >= 11 is 1.77. The van der Waals surface area contributed by atoms with Crippen molar-refractivity contribution >= 4 is 22.2 Å². The average Bonchev–Trinajstić information content (AvgIpc) is 3.19. The van der Waals surface area contributed by atoms with Gasteiger partial charge in [-0.25, -0.2) is 0 Å². The van der Waals surface area contributed by atoms with Crippen molar-refractivity contribution in [1.29, 1.82) is 0 Å². The van der Waals surface area contributed by atoms with Crippen LogP contribution in [-0.4, -0.2) is 42.1 Å².